The largest absolute Gasteiger partial charge is 0.492 e. The highest BCUT2D eigenvalue weighted by molar-refractivity contribution is 5.87. The predicted molar refractivity (Wildman–Crippen MR) is 80.4 cm³/mol. The maximum absolute atomic E-state index is 10.8. The molecule has 1 aromatic rings. The first kappa shape index (κ1) is 16.5. The Bertz CT molecular complexity index is 416. The summed E-state index contributed by atoms with van der Waals surface area (Å²) in [5, 5.41) is 12.4. The van der Waals surface area contributed by atoms with Crippen LogP contribution in [0.2, 0.25) is 0 Å². The Hall–Kier alpha value is -1.55. The first-order valence-electron chi connectivity index (χ1n) is 7.28. The van der Waals surface area contributed by atoms with Gasteiger partial charge in [-0.2, -0.15) is 0 Å². The third-order valence-electron chi connectivity index (χ3n) is 3.67. The monoisotopic (exact) mass is 279 g/mol. The first-order valence-corrected chi connectivity index (χ1v) is 7.28. The van der Waals surface area contributed by atoms with Crippen LogP contribution in [-0.2, 0) is 0 Å². The third-order valence-corrected chi connectivity index (χ3v) is 3.67. The van der Waals surface area contributed by atoms with Crippen molar-refractivity contribution in [2.24, 2.45) is 5.92 Å². The zero-order valence-electron chi connectivity index (χ0n) is 12.6. The Morgan fingerprint density at radius 1 is 1.35 bits per heavy atom. The molecular formula is C16H25NO3. The van der Waals surface area contributed by atoms with E-state index in [0.717, 1.165) is 6.54 Å². The van der Waals surface area contributed by atoms with Gasteiger partial charge in [-0.25, -0.2) is 4.79 Å². The van der Waals surface area contributed by atoms with E-state index in [2.05, 4.69) is 26.1 Å². The fraction of sp³-hybridized carbons (Fsp3) is 0.562. The van der Waals surface area contributed by atoms with Crippen LogP contribution < -0.4 is 10.1 Å². The maximum atomic E-state index is 10.8. The summed E-state index contributed by atoms with van der Waals surface area (Å²) in [6, 6.07) is 7.05. The lowest BCUT2D eigenvalue weighted by Crippen LogP contribution is -2.35. The molecule has 1 atom stereocenters. The van der Waals surface area contributed by atoms with Gasteiger partial charge in [-0.3, -0.25) is 0 Å². The van der Waals surface area contributed by atoms with Crippen LogP contribution in [0.15, 0.2) is 24.3 Å². The Morgan fingerprint density at radius 3 is 2.65 bits per heavy atom. The number of hydrogen-bond acceptors (Lipinski definition) is 3. The van der Waals surface area contributed by atoms with Crippen LogP contribution in [0.1, 0.15) is 44.0 Å². The number of aromatic carboxylic acids is 1. The molecule has 2 N–H and O–H groups in total. The van der Waals surface area contributed by atoms with Gasteiger partial charge in [-0.15, -0.1) is 0 Å². The van der Waals surface area contributed by atoms with Gasteiger partial charge in [0.25, 0.3) is 0 Å². The second-order valence-electron chi connectivity index (χ2n) is 5.00. The van der Waals surface area contributed by atoms with E-state index in [-0.39, 0.29) is 5.56 Å². The molecule has 0 aromatic heterocycles. The van der Waals surface area contributed by atoms with Crippen LogP contribution in [0.25, 0.3) is 0 Å². The van der Waals surface area contributed by atoms with Gasteiger partial charge in [-0.05, 0) is 31.0 Å². The molecule has 0 fully saturated rings. The molecule has 1 unspecified atom stereocenters. The van der Waals surface area contributed by atoms with Gasteiger partial charge in [0, 0.05) is 12.6 Å². The molecule has 0 aliphatic carbocycles. The summed E-state index contributed by atoms with van der Waals surface area (Å²) in [7, 11) is 0. The van der Waals surface area contributed by atoms with Gasteiger partial charge in [-0.1, -0.05) is 32.8 Å². The van der Waals surface area contributed by atoms with E-state index < -0.39 is 5.97 Å². The van der Waals surface area contributed by atoms with E-state index in [1.54, 1.807) is 24.3 Å². The fourth-order valence-corrected chi connectivity index (χ4v) is 2.34. The topological polar surface area (TPSA) is 58.6 Å². The van der Waals surface area contributed by atoms with E-state index in [4.69, 9.17) is 9.84 Å². The lowest BCUT2D eigenvalue weighted by atomic mass is 9.96. The molecule has 0 aliphatic rings. The summed E-state index contributed by atoms with van der Waals surface area (Å²) in [6.45, 7) is 7.91. The zero-order chi connectivity index (χ0) is 15.0. The van der Waals surface area contributed by atoms with Crippen LogP contribution in [-0.4, -0.2) is 30.3 Å². The SMILES string of the molecule is CCC(CC)C(C)NCCOc1cccc(C(=O)O)c1. The summed E-state index contributed by atoms with van der Waals surface area (Å²) < 4.78 is 5.57. The average molecular weight is 279 g/mol. The number of benzene rings is 1. The summed E-state index contributed by atoms with van der Waals surface area (Å²) in [6.07, 6.45) is 2.35. The first-order chi connectivity index (χ1) is 9.58. The molecule has 0 radical (unpaired) electrons. The van der Waals surface area contributed by atoms with Gasteiger partial charge in [0.2, 0.25) is 0 Å². The minimum Gasteiger partial charge on any atom is -0.492 e. The lowest BCUT2D eigenvalue weighted by molar-refractivity contribution is 0.0696. The minimum absolute atomic E-state index is 0.251. The van der Waals surface area contributed by atoms with E-state index in [1.165, 1.54) is 12.8 Å². The van der Waals surface area contributed by atoms with E-state index in [9.17, 15) is 4.79 Å². The van der Waals surface area contributed by atoms with Gasteiger partial charge >= 0.3 is 5.97 Å². The Balaban J connectivity index is 2.34. The van der Waals surface area contributed by atoms with Gasteiger partial charge in [0.1, 0.15) is 12.4 Å². The number of nitrogens with one attached hydrogen (secondary N) is 1. The summed E-state index contributed by atoms with van der Waals surface area (Å²) in [5.74, 6) is 0.350. The summed E-state index contributed by atoms with van der Waals surface area (Å²) in [4.78, 5) is 10.8. The van der Waals surface area contributed by atoms with Crippen LogP contribution >= 0.6 is 0 Å². The van der Waals surface area contributed by atoms with Gasteiger partial charge < -0.3 is 15.2 Å². The standard InChI is InChI=1S/C16H25NO3/c1-4-13(5-2)12(3)17-9-10-20-15-8-6-7-14(11-15)16(18)19/h6-8,11-13,17H,4-5,9-10H2,1-3H3,(H,18,19). The van der Waals surface area contributed by atoms with Crippen molar-refractivity contribution in [3.63, 3.8) is 0 Å². The van der Waals surface area contributed by atoms with Crippen LogP contribution in [0.3, 0.4) is 0 Å². The smallest absolute Gasteiger partial charge is 0.335 e. The Kier molecular flexibility index (Phi) is 7.09. The Morgan fingerprint density at radius 2 is 2.05 bits per heavy atom. The molecule has 20 heavy (non-hydrogen) atoms. The van der Waals surface area contributed by atoms with Gasteiger partial charge in [0.05, 0.1) is 5.56 Å². The number of carbonyl (C=O) groups is 1. The van der Waals surface area contributed by atoms with Crippen molar-refractivity contribution < 1.29 is 14.6 Å². The maximum Gasteiger partial charge on any atom is 0.335 e. The highest BCUT2D eigenvalue weighted by atomic mass is 16.5. The molecule has 4 heteroatoms. The zero-order valence-corrected chi connectivity index (χ0v) is 12.6. The molecule has 1 aromatic carbocycles. The number of rotatable bonds is 9. The number of hydrogen-bond donors (Lipinski definition) is 2. The van der Waals surface area contributed by atoms with E-state index >= 15 is 0 Å². The van der Waals surface area contributed by atoms with Crippen molar-refractivity contribution in [1.29, 1.82) is 0 Å². The normalized spacial score (nSPS) is 12.4. The molecule has 4 nitrogen and oxygen atoms in total. The highest BCUT2D eigenvalue weighted by Gasteiger charge is 2.12. The predicted octanol–water partition coefficient (Wildman–Crippen LogP) is 3.18. The van der Waals surface area contributed by atoms with E-state index in [1.807, 2.05) is 0 Å². The molecular weight excluding hydrogens is 254 g/mol. The van der Waals surface area contributed by atoms with Crippen LogP contribution in [0, 0.1) is 5.92 Å². The molecule has 0 heterocycles. The number of ether oxygens (including phenoxy) is 1. The van der Waals surface area contributed by atoms with Crippen molar-refractivity contribution in [1.82, 2.24) is 5.32 Å². The molecule has 0 amide bonds. The van der Waals surface area contributed by atoms with Crippen LogP contribution in [0.5, 0.6) is 5.75 Å². The fourth-order valence-electron chi connectivity index (χ4n) is 2.34. The number of carboxylic acid groups (broad SMARTS) is 1. The summed E-state index contributed by atoms with van der Waals surface area (Å²) >= 11 is 0. The molecule has 0 aliphatic heterocycles. The average Bonchev–Trinajstić information content (AvgIpc) is 2.45. The minimum atomic E-state index is -0.934. The molecule has 0 saturated heterocycles. The lowest BCUT2D eigenvalue weighted by Gasteiger charge is -2.22. The molecule has 0 spiro atoms. The van der Waals surface area contributed by atoms with Crippen molar-refractivity contribution in [2.45, 2.75) is 39.7 Å². The molecule has 1 rings (SSSR count). The van der Waals surface area contributed by atoms with Crippen molar-refractivity contribution in [3.05, 3.63) is 29.8 Å². The summed E-state index contributed by atoms with van der Waals surface area (Å²) in [5.41, 5.74) is 0.251. The van der Waals surface area contributed by atoms with Crippen molar-refractivity contribution in [3.8, 4) is 5.75 Å². The third kappa shape index (κ3) is 5.21. The van der Waals surface area contributed by atoms with Gasteiger partial charge in [0.15, 0.2) is 0 Å². The second kappa shape index (κ2) is 8.59. The van der Waals surface area contributed by atoms with E-state index in [0.29, 0.717) is 24.3 Å². The molecule has 112 valence electrons. The highest BCUT2D eigenvalue weighted by Crippen LogP contribution is 2.14. The molecule has 0 saturated carbocycles. The van der Waals surface area contributed by atoms with Crippen molar-refractivity contribution in [2.75, 3.05) is 13.2 Å². The molecule has 0 bridgehead atoms. The number of carboxylic acids is 1. The van der Waals surface area contributed by atoms with Crippen LogP contribution in [0.4, 0.5) is 0 Å². The quantitative estimate of drug-likeness (QED) is 0.682. The second-order valence-corrected chi connectivity index (χ2v) is 5.00. The Labute approximate surface area is 121 Å². The van der Waals surface area contributed by atoms with Crippen molar-refractivity contribution >= 4 is 5.97 Å².